The summed E-state index contributed by atoms with van der Waals surface area (Å²) in [4.78, 5) is 24.7. The minimum absolute atomic E-state index is 0.179. The highest BCUT2D eigenvalue weighted by molar-refractivity contribution is 5.76. The van der Waals surface area contributed by atoms with Crippen LogP contribution in [0.4, 0.5) is 4.79 Å². The second-order valence-electron chi connectivity index (χ2n) is 5.14. The minimum Gasteiger partial charge on any atom is -0.481 e. The third-order valence-electron chi connectivity index (χ3n) is 3.64. The van der Waals surface area contributed by atoms with Gasteiger partial charge in [0.25, 0.3) is 0 Å². The summed E-state index contributed by atoms with van der Waals surface area (Å²) in [7, 11) is 1.73. The van der Waals surface area contributed by atoms with Gasteiger partial charge in [0.05, 0.1) is 5.92 Å². The molecule has 5 nitrogen and oxygen atoms in total. The van der Waals surface area contributed by atoms with Crippen molar-refractivity contribution < 1.29 is 14.7 Å². The maximum atomic E-state index is 12.0. The molecule has 0 bridgehead atoms. The number of rotatable bonds is 6. The third kappa shape index (κ3) is 4.93. The van der Waals surface area contributed by atoms with E-state index in [1.54, 1.807) is 11.9 Å². The van der Waals surface area contributed by atoms with Crippen LogP contribution in [0, 0.1) is 5.92 Å². The van der Waals surface area contributed by atoms with Crippen LogP contribution in [-0.2, 0) is 4.79 Å². The zero-order valence-corrected chi connectivity index (χ0v) is 11.6. The van der Waals surface area contributed by atoms with Crippen LogP contribution in [0.15, 0.2) is 12.7 Å². The molecule has 0 aromatic rings. The number of hydrogen-bond acceptors (Lipinski definition) is 2. The lowest BCUT2D eigenvalue weighted by atomic mass is 9.84. The number of carboxylic acid groups (broad SMARTS) is 1. The van der Waals surface area contributed by atoms with Gasteiger partial charge in [-0.25, -0.2) is 4.79 Å². The quantitative estimate of drug-likeness (QED) is 0.573. The molecule has 5 heteroatoms. The van der Waals surface area contributed by atoms with Crippen molar-refractivity contribution >= 4 is 12.0 Å². The second kappa shape index (κ2) is 7.81. The van der Waals surface area contributed by atoms with Crippen LogP contribution in [-0.4, -0.2) is 41.6 Å². The van der Waals surface area contributed by atoms with Crippen LogP contribution in [0.5, 0.6) is 0 Å². The van der Waals surface area contributed by atoms with E-state index < -0.39 is 11.9 Å². The van der Waals surface area contributed by atoms with Crippen LogP contribution >= 0.6 is 0 Å². The van der Waals surface area contributed by atoms with Crippen LogP contribution < -0.4 is 5.32 Å². The highest BCUT2D eigenvalue weighted by Gasteiger charge is 2.32. The largest absolute Gasteiger partial charge is 0.481 e. The van der Waals surface area contributed by atoms with E-state index in [0.29, 0.717) is 13.0 Å². The Morgan fingerprint density at radius 1 is 1.42 bits per heavy atom. The van der Waals surface area contributed by atoms with E-state index in [1.807, 2.05) is 6.08 Å². The van der Waals surface area contributed by atoms with Gasteiger partial charge in [-0.1, -0.05) is 18.9 Å². The van der Waals surface area contributed by atoms with E-state index in [1.165, 1.54) is 0 Å². The Morgan fingerprint density at radius 2 is 2.11 bits per heavy atom. The van der Waals surface area contributed by atoms with Crippen LogP contribution in [0.3, 0.4) is 0 Å². The van der Waals surface area contributed by atoms with Crippen LogP contribution in [0.2, 0.25) is 0 Å². The number of aliphatic carboxylic acids is 1. The topological polar surface area (TPSA) is 69.6 Å². The van der Waals surface area contributed by atoms with Crippen molar-refractivity contribution in [2.45, 2.75) is 44.6 Å². The number of carbonyl (C=O) groups is 2. The van der Waals surface area contributed by atoms with Crippen molar-refractivity contribution in [3.8, 4) is 0 Å². The molecule has 108 valence electrons. The molecule has 1 rings (SSSR count). The Hall–Kier alpha value is -1.52. The fourth-order valence-electron chi connectivity index (χ4n) is 2.44. The van der Waals surface area contributed by atoms with E-state index in [2.05, 4.69) is 11.9 Å². The second-order valence-corrected chi connectivity index (χ2v) is 5.14. The molecule has 0 spiro atoms. The van der Waals surface area contributed by atoms with Gasteiger partial charge in [-0.3, -0.25) is 4.79 Å². The molecule has 0 aliphatic heterocycles. The lowest BCUT2D eigenvalue weighted by molar-refractivity contribution is -0.143. The van der Waals surface area contributed by atoms with Gasteiger partial charge in [-0.05, 0) is 25.7 Å². The van der Waals surface area contributed by atoms with Gasteiger partial charge in [0.2, 0.25) is 0 Å². The van der Waals surface area contributed by atoms with Gasteiger partial charge in [0.1, 0.15) is 0 Å². The molecule has 2 N–H and O–H groups in total. The van der Waals surface area contributed by atoms with Crippen molar-refractivity contribution in [1.29, 1.82) is 0 Å². The first kappa shape index (κ1) is 15.5. The first-order chi connectivity index (χ1) is 9.06. The van der Waals surface area contributed by atoms with Gasteiger partial charge in [-0.2, -0.15) is 0 Å². The zero-order chi connectivity index (χ0) is 14.3. The molecule has 1 fully saturated rings. The molecule has 0 radical (unpaired) electrons. The molecular formula is C14H24N2O3. The molecule has 1 aliphatic rings. The zero-order valence-electron chi connectivity index (χ0n) is 11.6. The molecule has 2 amide bonds. The predicted octanol–water partition coefficient (Wildman–Crippen LogP) is 2.24. The number of carbonyl (C=O) groups excluding carboxylic acids is 1. The summed E-state index contributed by atoms with van der Waals surface area (Å²) in [5.74, 6) is -1.25. The summed E-state index contributed by atoms with van der Waals surface area (Å²) in [5, 5.41) is 12.0. The number of nitrogens with zero attached hydrogens (tertiary/aromatic N) is 1. The number of allylic oxidation sites excluding steroid dienone is 1. The molecular weight excluding hydrogens is 244 g/mol. The first-order valence-corrected chi connectivity index (χ1v) is 6.91. The van der Waals surface area contributed by atoms with Crippen molar-refractivity contribution in [3.05, 3.63) is 12.7 Å². The molecule has 2 unspecified atom stereocenters. The van der Waals surface area contributed by atoms with Gasteiger partial charge >= 0.3 is 12.0 Å². The van der Waals surface area contributed by atoms with Gasteiger partial charge in [0.15, 0.2) is 0 Å². The third-order valence-corrected chi connectivity index (χ3v) is 3.64. The van der Waals surface area contributed by atoms with Crippen molar-refractivity contribution in [2.24, 2.45) is 5.92 Å². The standard InChI is InChI=1S/C14H24N2O3/c1-3-4-7-10-16(2)14(19)15-12-9-6-5-8-11(12)13(17)18/h3,11-12H,1,4-10H2,2H3,(H,15,19)(H,17,18). The monoisotopic (exact) mass is 268 g/mol. The Bertz CT molecular complexity index is 331. The molecule has 0 heterocycles. The predicted molar refractivity (Wildman–Crippen MR) is 74.0 cm³/mol. The number of urea groups is 1. The average Bonchev–Trinajstić information content (AvgIpc) is 2.39. The molecule has 0 saturated heterocycles. The lowest BCUT2D eigenvalue weighted by Crippen LogP contribution is -2.49. The highest BCUT2D eigenvalue weighted by Crippen LogP contribution is 2.24. The number of nitrogens with one attached hydrogen (secondary N) is 1. The van der Waals surface area contributed by atoms with Crippen molar-refractivity contribution in [3.63, 3.8) is 0 Å². The fraction of sp³-hybridized carbons (Fsp3) is 0.714. The van der Waals surface area contributed by atoms with E-state index in [4.69, 9.17) is 5.11 Å². The summed E-state index contributed by atoms with van der Waals surface area (Å²) >= 11 is 0. The minimum atomic E-state index is -0.806. The Balaban J connectivity index is 2.44. The number of carboxylic acids is 1. The number of amides is 2. The Labute approximate surface area is 114 Å². The summed E-state index contributed by atoms with van der Waals surface area (Å²) < 4.78 is 0. The maximum absolute atomic E-state index is 12.0. The van der Waals surface area contributed by atoms with E-state index in [-0.39, 0.29) is 12.1 Å². The summed E-state index contributed by atoms with van der Waals surface area (Å²) in [6.45, 7) is 4.30. The van der Waals surface area contributed by atoms with Crippen molar-refractivity contribution in [1.82, 2.24) is 10.2 Å². The molecule has 2 atom stereocenters. The number of hydrogen-bond donors (Lipinski definition) is 2. The van der Waals surface area contributed by atoms with Crippen molar-refractivity contribution in [2.75, 3.05) is 13.6 Å². The molecule has 0 aromatic carbocycles. The fourth-order valence-corrected chi connectivity index (χ4v) is 2.44. The van der Waals surface area contributed by atoms with E-state index in [9.17, 15) is 9.59 Å². The van der Waals surface area contributed by atoms with Gasteiger partial charge in [0, 0.05) is 19.6 Å². The molecule has 19 heavy (non-hydrogen) atoms. The summed E-state index contributed by atoms with van der Waals surface area (Å²) in [5.41, 5.74) is 0. The van der Waals surface area contributed by atoms with Crippen LogP contribution in [0.1, 0.15) is 38.5 Å². The maximum Gasteiger partial charge on any atom is 0.317 e. The van der Waals surface area contributed by atoms with Gasteiger partial charge in [-0.15, -0.1) is 6.58 Å². The normalized spacial score (nSPS) is 22.6. The smallest absolute Gasteiger partial charge is 0.317 e. The molecule has 1 aliphatic carbocycles. The Morgan fingerprint density at radius 3 is 2.74 bits per heavy atom. The van der Waals surface area contributed by atoms with Crippen LogP contribution in [0.25, 0.3) is 0 Å². The first-order valence-electron chi connectivity index (χ1n) is 6.91. The SMILES string of the molecule is C=CCCCN(C)C(=O)NC1CCCCC1C(=O)O. The van der Waals surface area contributed by atoms with Gasteiger partial charge < -0.3 is 15.3 Å². The average molecular weight is 268 g/mol. The highest BCUT2D eigenvalue weighted by atomic mass is 16.4. The van der Waals surface area contributed by atoms with E-state index >= 15 is 0 Å². The number of unbranched alkanes of at least 4 members (excludes halogenated alkanes) is 1. The summed E-state index contributed by atoms with van der Waals surface area (Å²) in [6.07, 6.45) is 6.89. The molecule has 1 saturated carbocycles. The molecule has 0 aromatic heterocycles. The Kier molecular flexibility index (Phi) is 6.39. The summed E-state index contributed by atoms with van der Waals surface area (Å²) in [6, 6.07) is -0.414. The van der Waals surface area contributed by atoms with E-state index in [0.717, 1.165) is 32.1 Å². The lowest BCUT2D eigenvalue weighted by Gasteiger charge is -2.31.